The summed E-state index contributed by atoms with van der Waals surface area (Å²) < 4.78 is 0. The van der Waals surface area contributed by atoms with Gasteiger partial charge in [0.05, 0.1) is 11.1 Å². The first kappa shape index (κ1) is 21.7. The van der Waals surface area contributed by atoms with E-state index >= 15 is 0 Å². The number of nitrogens with zero attached hydrogens (tertiary/aromatic N) is 1. The first-order valence-corrected chi connectivity index (χ1v) is 13.8. The summed E-state index contributed by atoms with van der Waals surface area (Å²) >= 11 is 0. The summed E-state index contributed by atoms with van der Waals surface area (Å²) in [7, 11) is 0. The van der Waals surface area contributed by atoms with E-state index in [1.807, 2.05) is 0 Å². The quantitative estimate of drug-likeness (QED) is 0.272. The van der Waals surface area contributed by atoms with Crippen LogP contribution in [0, 0.1) is 0 Å². The van der Waals surface area contributed by atoms with Crippen molar-refractivity contribution in [1.29, 1.82) is 0 Å². The third-order valence-electron chi connectivity index (χ3n) is 8.91. The Morgan fingerprint density at radius 2 is 1.32 bits per heavy atom. The monoisotopic (exact) mass is 487 g/mol. The lowest BCUT2D eigenvalue weighted by Crippen LogP contribution is -2.40. The molecule has 0 bridgehead atoms. The van der Waals surface area contributed by atoms with Crippen molar-refractivity contribution >= 4 is 22.5 Å². The van der Waals surface area contributed by atoms with Gasteiger partial charge in [-0.1, -0.05) is 103 Å². The molecule has 1 heteroatoms. The summed E-state index contributed by atoms with van der Waals surface area (Å²) in [5, 5.41) is 0. The molecule has 1 atom stereocenters. The van der Waals surface area contributed by atoms with Gasteiger partial charge >= 0.3 is 0 Å². The molecule has 3 aliphatic carbocycles. The highest BCUT2D eigenvalue weighted by molar-refractivity contribution is 5.98. The fraction of sp³-hybridized carbons (Fsp3) is 0.135. The molecule has 4 aromatic rings. The van der Waals surface area contributed by atoms with Gasteiger partial charge in [0, 0.05) is 11.4 Å². The van der Waals surface area contributed by atoms with Crippen LogP contribution in [0.5, 0.6) is 0 Å². The highest BCUT2D eigenvalue weighted by atomic mass is 15.2. The van der Waals surface area contributed by atoms with Gasteiger partial charge in [-0.3, -0.25) is 0 Å². The molecule has 0 fully saturated rings. The van der Waals surface area contributed by atoms with Crippen LogP contribution < -0.4 is 4.90 Å². The van der Waals surface area contributed by atoms with Crippen LogP contribution in [0.1, 0.15) is 47.9 Å². The molecule has 0 saturated heterocycles. The molecule has 8 rings (SSSR count). The highest BCUT2D eigenvalue weighted by Crippen LogP contribution is 2.64. The van der Waals surface area contributed by atoms with Gasteiger partial charge in [-0.15, -0.1) is 0 Å². The van der Waals surface area contributed by atoms with Crippen molar-refractivity contribution in [3.63, 3.8) is 0 Å². The molecule has 38 heavy (non-hydrogen) atoms. The summed E-state index contributed by atoms with van der Waals surface area (Å²) in [6.07, 6.45) is 11.6. The summed E-state index contributed by atoms with van der Waals surface area (Å²) in [5.74, 6) is 0. The molecule has 182 valence electrons. The topological polar surface area (TPSA) is 3.24 Å². The third kappa shape index (κ3) is 2.88. The number of hydrogen-bond acceptors (Lipinski definition) is 1. The van der Waals surface area contributed by atoms with Crippen molar-refractivity contribution in [1.82, 2.24) is 0 Å². The second-order valence-electron chi connectivity index (χ2n) is 10.7. The SMILES string of the molecule is C1=CC2=C(CC1)C1(C3=C(C=C(c4ccccc4)CC3)c3ccccc31)c1ccccc1N2c1ccccc1. The molecule has 0 amide bonds. The Balaban J connectivity index is 1.46. The van der Waals surface area contributed by atoms with Crippen LogP contribution in [0.15, 0.2) is 144 Å². The minimum Gasteiger partial charge on any atom is -0.310 e. The van der Waals surface area contributed by atoms with Crippen molar-refractivity contribution in [2.75, 3.05) is 4.90 Å². The van der Waals surface area contributed by atoms with Gasteiger partial charge in [0.15, 0.2) is 0 Å². The average molecular weight is 488 g/mol. The Kier molecular flexibility index (Phi) is 4.76. The standard InChI is InChI=1S/C37H29N/c1-3-13-26(14-4-1)27-23-24-32-30(25-27)29-17-7-8-18-31(29)37(32)33-19-9-11-21-35(33)38(28-15-5-2-6-16-28)36-22-12-10-20-34(36)37/h1-9,11-19,21-22,25H,10,20,23-24H2. The van der Waals surface area contributed by atoms with Crippen LogP contribution in [0.4, 0.5) is 11.4 Å². The van der Waals surface area contributed by atoms with Gasteiger partial charge in [-0.2, -0.15) is 0 Å². The third-order valence-corrected chi connectivity index (χ3v) is 8.91. The average Bonchev–Trinajstić information content (AvgIpc) is 3.29. The minimum absolute atomic E-state index is 0.216. The molecule has 1 aliphatic heterocycles. The number of hydrogen-bond donors (Lipinski definition) is 0. The van der Waals surface area contributed by atoms with Gasteiger partial charge in [0.2, 0.25) is 0 Å². The molecule has 0 N–H and O–H groups in total. The van der Waals surface area contributed by atoms with E-state index in [-0.39, 0.29) is 5.41 Å². The number of allylic oxidation sites excluding steroid dienone is 7. The lowest BCUT2D eigenvalue weighted by molar-refractivity contribution is 0.624. The lowest BCUT2D eigenvalue weighted by Gasteiger charge is -2.48. The van der Waals surface area contributed by atoms with Gasteiger partial charge < -0.3 is 4.90 Å². The van der Waals surface area contributed by atoms with Crippen LogP contribution in [0.2, 0.25) is 0 Å². The van der Waals surface area contributed by atoms with Gasteiger partial charge in [0.1, 0.15) is 0 Å². The second-order valence-corrected chi connectivity index (χ2v) is 10.7. The molecule has 4 aliphatic rings. The van der Waals surface area contributed by atoms with Crippen molar-refractivity contribution in [2.24, 2.45) is 0 Å². The van der Waals surface area contributed by atoms with E-state index in [0.29, 0.717) is 0 Å². The summed E-state index contributed by atoms with van der Waals surface area (Å²) in [6, 6.07) is 40.2. The molecular weight excluding hydrogens is 458 g/mol. The molecule has 0 saturated carbocycles. The van der Waals surface area contributed by atoms with E-state index in [1.165, 1.54) is 50.5 Å². The Morgan fingerprint density at radius 3 is 2.16 bits per heavy atom. The van der Waals surface area contributed by atoms with Crippen LogP contribution in [-0.4, -0.2) is 0 Å². The summed E-state index contributed by atoms with van der Waals surface area (Å²) in [4.78, 5) is 2.50. The maximum absolute atomic E-state index is 2.51. The number of anilines is 2. The minimum atomic E-state index is -0.216. The molecule has 1 heterocycles. The molecule has 4 aromatic carbocycles. The largest absolute Gasteiger partial charge is 0.310 e. The highest BCUT2D eigenvalue weighted by Gasteiger charge is 2.53. The first-order chi connectivity index (χ1) is 18.9. The Hall–Kier alpha value is -4.36. The van der Waals surface area contributed by atoms with E-state index in [1.54, 1.807) is 11.1 Å². The Morgan fingerprint density at radius 1 is 0.605 bits per heavy atom. The maximum Gasteiger partial charge on any atom is 0.0680 e. The molecular formula is C37H29N. The zero-order valence-electron chi connectivity index (χ0n) is 21.4. The van der Waals surface area contributed by atoms with Crippen LogP contribution >= 0.6 is 0 Å². The normalized spacial score (nSPS) is 21.2. The van der Waals surface area contributed by atoms with Crippen molar-refractivity contribution in [3.05, 3.63) is 167 Å². The van der Waals surface area contributed by atoms with E-state index in [0.717, 1.165) is 25.7 Å². The maximum atomic E-state index is 2.51. The fourth-order valence-corrected chi connectivity index (χ4v) is 7.47. The first-order valence-electron chi connectivity index (χ1n) is 13.8. The van der Waals surface area contributed by atoms with E-state index in [4.69, 9.17) is 0 Å². The van der Waals surface area contributed by atoms with Crippen LogP contribution in [0.25, 0.3) is 11.1 Å². The van der Waals surface area contributed by atoms with Crippen molar-refractivity contribution in [2.45, 2.75) is 31.1 Å². The van der Waals surface area contributed by atoms with E-state index in [9.17, 15) is 0 Å². The summed E-state index contributed by atoms with van der Waals surface area (Å²) in [5.41, 5.74) is 15.3. The molecule has 0 aromatic heterocycles. The van der Waals surface area contributed by atoms with E-state index < -0.39 is 0 Å². The number of para-hydroxylation sites is 2. The lowest BCUT2D eigenvalue weighted by atomic mass is 9.60. The molecule has 0 radical (unpaired) electrons. The smallest absolute Gasteiger partial charge is 0.0680 e. The zero-order valence-corrected chi connectivity index (χ0v) is 21.4. The zero-order chi connectivity index (χ0) is 25.1. The molecule has 1 spiro atoms. The molecule has 1 unspecified atom stereocenters. The van der Waals surface area contributed by atoms with Crippen LogP contribution in [0.3, 0.4) is 0 Å². The van der Waals surface area contributed by atoms with Gasteiger partial charge in [-0.05, 0) is 94.5 Å². The van der Waals surface area contributed by atoms with Gasteiger partial charge in [0.25, 0.3) is 0 Å². The van der Waals surface area contributed by atoms with Crippen molar-refractivity contribution < 1.29 is 0 Å². The second kappa shape index (κ2) is 8.33. The number of benzene rings is 4. The van der Waals surface area contributed by atoms with Crippen molar-refractivity contribution in [3.8, 4) is 0 Å². The van der Waals surface area contributed by atoms with Crippen LogP contribution in [-0.2, 0) is 5.41 Å². The molecule has 1 nitrogen and oxygen atoms in total. The number of fused-ring (bicyclic) bond motifs is 7. The van der Waals surface area contributed by atoms with Gasteiger partial charge in [-0.25, -0.2) is 0 Å². The Labute approximate surface area is 224 Å². The predicted octanol–water partition coefficient (Wildman–Crippen LogP) is 9.37. The van der Waals surface area contributed by atoms with E-state index in [2.05, 4.69) is 132 Å². The predicted molar refractivity (Wildman–Crippen MR) is 158 cm³/mol. The summed E-state index contributed by atoms with van der Waals surface area (Å²) in [6.45, 7) is 0. The Bertz CT molecular complexity index is 1700. The number of rotatable bonds is 2. The fourth-order valence-electron chi connectivity index (χ4n) is 7.47.